The van der Waals surface area contributed by atoms with Gasteiger partial charge < -0.3 is 20.1 Å². The molecule has 0 fully saturated rings. The fourth-order valence-corrected chi connectivity index (χ4v) is 5.67. The van der Waals surface area contributed by atoms with Gasteiger partial charge in [-0.2, -0.15) is 0 Å². The first-order chi connectivity index (χ1) is 19.8. The molecule has 0 saturated carbocycles. The van der Waals surface area contributed by atoms with Crippen LogP contribution in [0.3, 0.4) is 0 Å². The third kappa shape index (κ3) is 3.62. The first-order valence-electron chi connectivity index (χ1n) is 13.4. The number of benzene rings is 6. The molecular formula is C36H24N2O2. The van der Waals surface area contributed by atoms with Gasteiger partial charge in [0.25, 0.3) is 0 Å². The van der Waals surface area contributed by atoms with Crippen LogP contribution in [-0.2, 0) is 0 Å². The Balaban J connectivity index is 1.38. The second-order valence-electron chi connectivity index (χ2n) is 9.90. The fourth-order valence-electron chi connectivity index (χ4n) is 5.67. The highest BCUT2D eigenvalue weighted by Gasteiger charge is 2.26. The number of hydrogen-bond acceptors (Lipinski definition) is 4. The minimum atomic E-state index is 0.801. The van der Waals surface area contributed by atoms with Crippen molar-refractivity contribution in [2.24, 2.45) is 0 Å². The van der Waals surface area contributed by atoms with Gasteiger partial charge in [-0.25, -0.2) is 0 Å². The second-order valence-corrected chi connectivity index (χ2v) is 9.90. The standard InChI is InChI=1S/C36H24N2O2/c1-2-11-23(12-3-1)24-13-8-14-25(26-15-9-21-32-35(26)37-28-17-4-6-19-30(28)39-32)34(24)27-16-10-22-33-36(27)38-29-18-5-7-20-31(29)40-33/h1-22,37-38H. The molecule has 6 aromatic rings. The molecule has 2 heterocycles. The molecule has 0 bridgehead atoms. The Kier molecular flexibility index (Phi) is 5.10. The topological polar surface area (TPSA) is 42.5 Å². The monoisotopic (exact) mass is 516 g/mol. The molecule has 0 aliphatic carbocycles. The molecule has 0 unspecified atom stereocenters. The summed E-state index contributed by atoms with van der Waals surface area (Å²) in [7, 11) is 0. The van der Waals surface area contributed by atoms with Gasteiger partial charge in [-0.1, -0.05) is 97.1 Å². The van der Waals surface area contributed by atoms with Crippen LogP contribution in [-0.4, -0.2) is 0 Å². The Labute approximate surface area is 232 Å². The van der Waals surface area contributed by atoms with Gasteiger partial charge in [-0.05, 0) is 58.7 Å². The SMILES string of the molecule is c1ccc(-c2cccc(-c3cccc4c3Nc3ccccc3O4)c2-c2cccc3c2Nc2ccccc2O3)cc1. The number of nitrogens with one attached hydrogen (secondary N) is 2. The Morgan fingerprint density at radius 3 is 1.50 bits per heavy atom. The Bertz CT molecular complexity index is 1910. The fraction of sp³-hybridized carbons (Fsp3) is 0. The average Bonchev–Trinajstić information content (AvgIpc) is 3.02. The molecule has 6 aromatic carbocycles. The number of rotatable bonds is 3. The van der Waals surface area contributed by atoms with Gasteiger partial charge in [0, 0.05) is 11.1 Å². The van der Waals surface area contributed by atoms with Crippen LogP contribution < -0.4 is 20.1 Å². The normalized spacial score (nSPS) is 12.3. The van der Waals surface area contributed by atoms with Crippen LogP contribution in [0.1, 0.15) is 0 Å². The van der Waals surface area contributed by atoms with Gasteiger partial charge in [-0.3, -0.25) is 0 Å². The van der Waals surface area contributed by atoms with E-state index in [0.29, 0.717) is 0 Å². The smallest absolute Gasteiger partial charge is 0.151 e. The van der Waals surface area contributed by atoms with E-state index in [9.17, 15) is 0 Å². The first kappa shape index (κ1) is 22.5. The molecule has 2 N–H and O–H groups in total. The van der Waals surface area contributed by atoms with Gasteiger partial charge in [0.1, 0.15) is 0 Å². The van der Waals surface area contributed by atoms with Crippen molar-refractivity contribution < 1.29 is 9.47 Å². The highest BCUT2D eigenvalue weighted by molar-refractivity contribution is 6.04. The summed E-state index contributed by atoms with van der Waals surface area (Å²) in [5.74, 6) is 3.25. The maximum atomic E-state index is 6.37. The summed E-state index contributed by atoms with van der Waals surface area (Å²) < 4.78 is 12.7. The van der Waals surface area contributed by atoms with E-state index in [-0.39, 0.29) is 0 Å². The third-order valence-corrected chi connectivity index (χ3v) is 7.49. The molecule has 4 heteroatoms. The summed E-state index contributed by atoms with van der Waals surface area (Å²) >= 11 is 0. The zero-order chi connectivity index (χ0) is 26.5. The predicted octanol–water partition coefficient (Wildman–Crippen LogP) is 10.4. The van der Waals surface area contributed by atoms with Crippen molar-refractivity contribution in [1.82, 2.24) is 0 Å². The van der Waals surface area contributed by atoms with Crippen LogP contribution in [0.2, 0.25) is 0 Å². The average molecular weight is 517 g/mol. The molecule has 8 rings (SSSR count). The lowest BCUT2D eigenvalue weighted by Crippen LogP contribution is -2.06. The Morgan fingerprint density at radius 2 is 0.825 bits per heavy atom. The van der Waals surface area contributed by atoms with Crippen LogP contribution in [0.15, 0.2) is 133 Å². The van der Waals surface area contributed by atoms with E-state index in [0.717, 1.165) is 79.1 Å². The van der Waals surface area contributed by atoms with Gasteiger partial charge in [0.05, 0.1) is 22.7 Å². The van der Waals surface area contributed by atoms with Crippen LogP contribution >= 0.6 is 0 Å². The molecule has 40 heavy (non-hydrogen) atoms. The van der Waals surface area contributed by atoms with Crippen molar-refractivity contribution in [2.75, 3.05) is 10.6 Å². The molecular weight excluding hydrogens is 492 g/mol. The van der Waals surface area contributed by atoms with E-state index >= 15 is 0 Å². The van der Waals surface area contributed by atoms with Gasteiger partial charge in [0.15, 0.2) is 23.0 Å². The first-order valence-corrected chi connectivity index (χ1v) is 13.4. The van der Waals surface area contributed by atoms with Crippen LogP contribution in [0.4, 0.5) is 22.7 Å². The number of para-hydroxylation sites is 6. The summed E-state index contributed by atoms with van der Waals surface area (Å²) in [6.07, 6.45) is 0. The minimum absolute atomic E-state index is 0.801. The van der Waals surface area contributed by atoms with Crippen molar-refractivity contribution in [3.05, 3.63) is 133 Å². The minimum Gasteiger partial charge on any atom is -0.453 e. The van der Waals surface area contributed by atoms with Gasteiger partial charge >= 0.3 is 0 Å². The van der Waals surface area contributed by atoms with Crippen LogP contribution in [0.25, 0.3) is 33.4 Å². The molecule has 2 aliphatic rings. The van der Waals surface area contributed by atoms with Gasteiger partial charge in [0.2, 0.25) is 0 Å². The Hall–Kier alpha value is -5.48. The van der Waals surface area contributed by atoms with Crippen molar-refractivity contribution in [3.8, 4) is 56.4 Å². The number of ether oxygens (including phenoxy) is 2. The van der Waals surface area contributed by atoms with Crippen LogP contribution in [0.5, 0.6) is 23.0 Å². The maximum absolute atomic E-state index is 6.37. The second kappa shape index (κ2) is 9.07. The Morgan fingerprint density at radius 1 is 0.350 bits per heavy atom. The summed E-state index contributed by atoms with van der Waals surface area (Å²) in [5, 5.41) is 7.33. The lowest BCUT2D eigenvalue weighted by Gasteiger charge is -2.27. The van der Waals surface area contributed by atoms with Crippen molar-refractivity contribution in [2.45, 2.75) is 0 Å². The summed E-state index contributed by atoms with van der Waals surface area (Å²) in [4.78, 5) is 0. The van der Waals surface area contributed by atoms with Crippen molar-refractivity contribution in [1.29, 1.82) is 0 Å². The number of hydrogen-bond donors (Lipinski definition) is 2. The van der Waals surface area contributed by atoms with Crippen LogP contribution in [0, 0.1) is 0 Å². The highest BCUT2D eigenvalue weighted by Crippen LogP contribution is 2.53. The largest absolute Gasteiger partial charge is 0.453 e. The number of anilines is 4. The quantitative estimate of drug-likeness (QED) is 0.245. The van der Waals surface area contributed by atoms with E-state index in [4.69, 9.17) is 9.47 Å². The lowest BCUT2D eigenvalue weighted by molar-refractivity contribution is 0.481. The highest BCUT2D eigenvalue weighted by atomic mass is 16.5. The van der Waals surface area contributed by atoms with E-state index in [1.165, 1.54) is 0 Å². The zero-order valence-corrected chi connectivity index (χ0v) is 21.5. The summed E-state index contributed by atoms with van der Waals surface area (Å²) in [6, 6.07) is 45.6. The van der Waals surface area contributed by atoms with Gasteiger partial charge in [-0.15, -0.1) is 0 Å². The van der Waals surface area contributed by atoms with E-state index < -0.39 is 0 Å². The molecule has 4 nitrogen and oxygen atoms in total. The molecule has 0 radical (unpaired) electrons. The molecule has 2 aliphatic heterocycles. The maximum Gasteiger partial charge on any atom is 0.151 e. The van der Waals surface area contributed by atoms with E-state index in [1.807, 2.05) is 60.7 Å². The van der Waals surface area contributed by atoms with Crippen molar-refractivity contribution >= 4 is 22.7 Å². The third-order valence-electron chi connectivity index (χ3n) is 7.49. The summed E-state index contributed by atoms with van der Waals surface area (Å²) in [6.45, 7) is 0. The molecule has 0 spiro atoms. The molecule has 0 saturated heterocycles. The number of fused-ring (bicyclic) bond motifs is 4. The summed E-state index contributed by atoms with van der Waals surface area (Å²) in [5.41, 5.74) is 10.4. The molecule has 0 aromatic heterocycles. The van der Waals surface area contributed by atoms with Crippen molar-refractivity contribution in [3.63, 3.8) is 0 Å². The zero-order valence-electron chi connectivity index (χ0n) is 21.5. The molecule has 190 valence electrons. The predicted molar refractivity (Wildman–Crippen MR) is 162 cm³/mol. The van der Waals surface area contributed by atoms with E-state index in [2.05, 4.69) is 83.4 Å². The molecule has 0 amide bonds. The molecule has 0 atom stereocenters. The lowest BCUT2D eigenvalue weighted by atomic mass is 9.86. The van der Waals surface area contributed by atoms with E-state index in [1.54, 1.807) is 0 Å².